The predicted molar refractivity (Wildman–Crippen MR) is 124 cm³/mol. The van der Waals surface area contributed by atoms with Gasteiger partial charge in [0.15, 0.2) is 6.61 Å². The number of carbonyl (C=O) groups is 2. The second kappa shape index (κ2) is 9.65. The van der Waals surface area contributed by atoms with Crippen LogP contribution in [0.2, 0.25) is 0 Å². The van der Waals surface area contributed by atoms with E-state index in [1.54, 1.807) is 4.90 Å². The molecule has 0 radical (unpaired) electrons. The maximum atomic E-state index is 13.2. The van der Waals surface area contributed by atoms with Gasteiger partial charge in [-0.1, -0.05) is 44.2 Å². The lowest BCUT2D eigenvalue weighted by Crippen LogP contribution is -2.44. The minimum atomic E-state index is -3.77. The first-order valence-corrected chi connectivity index (χ1v) is 12.8. The van der Waals surface area contributed by atoms with Crippen LogP contribution in [0.5, 0.6) is 0 Å². The molecule has 1 fully saturated rings. The van der Waals surface area contributed by atoms with Crippen molar-refractivity contribution in [2.45, 2.75) is 38.1 Å². The van der Waals surface area contributed by atoms with E-state index in [-0.39, 0.29) is 23.0 Å². The Balaban J connectivity index is 1.42. The van der Waals surface area contributed by atoms with E-state index in [0.717, 1.165) is 17.5 Å². The van der Waals surface area contributed by atoms with Gasteiger partial charge in [-0.05, 0) is 54.0 Å². The van der Waals surface area contributed by atoms with Crippen molar-refractivity contribution in [3.63, 3.8) is 0 Å². The third kappa shape index (κ3) is 5.28. The van der Waals surface area contributed by atoms with E-state index < -0.39 is 16.0 Å². The van der Waals surface area contributed by atoms with Gasteiger partial charge in [0.1, 0.15) is 0 Å². The summed E-state index contributed by atoms with van der Waals surface area (Å²) in [4.78, 5) is 26.9. The van der Waals surface area contributed by atoms with Crippen molar-refractivity contribution in [1.29, 1.82) is 0 Å². The molecule has 7 nitrogen and oxygen atoms in total. The number of rotatable bonds is 5. The van der Waals surface area contributed by atoms with Crippen LogP contribution in [0.4, 0.5) is 0 Å². The molecule has 1 saturated heterocycles. The summed E-state index contributed by atoms with van der Waals surface area (Å²) in [5.41, 5.74) is 2.26. The third-order valence-corrected chi connectivity index (χ3v) is 8.19. The monoisotopic (exact) mass is 470 g/mol. The molecule has 0 aromatic heterocycles. The molecule has 1 amide bonds. The highest BCUT2D eigenvalue weighted by molar-refractivity contribution is 7.89. The zero-order chi connectivity index (χ0) is 23.6. The quantitative estimate of drug-likeness (QED) is 0.627. The molecule has 2 aromatic rings. The first kappa shape index (κ1) is 23.4. The van der Waals surface area contributed by atoms with Gasteiger partial charge in [-0.25, -0.2) is 13.2 Å². The van der Waals surface area contributed by atoms with Crippen LogP contribution in [0.3, 0.4) is 0 Å². The fourth-order valence-corrected chi connectivity index (χ4v) is 6.24. The SMILES string of the molecule is C[C@H]1C[C@H](C)CN(C(=O)COC(=O)c2cccc(S(=O)(=O)N3CCc4ccccc4C3)c2)C1. The van der Waals surface area contributed by atoms with Gasteiger partial charge in [-0.2, -0.15) is 4.31 Å². The van der Waals surface area contributed by atoms with Gasteiger partial charge in [-0.3, -0.25) is 4.79 Å². The van der Waals surface area contributed by atoms with Gasteiger partial charge in [0.05, 0.1) is 10.5 Å². The molecule has 0 spiro atoms. The molecule has 33 heavy (non-hydrogen) atoms. The van der Waals surface area contributed by atoms with Crippen molar-refractivity contribution < 1.29 is 22.7 Å². The van der Waals surface area contributed by atoms with Gasteiger partial charge in [-0.15, -0.1) is 0 Å². The van der Waals surface area contributed by atoms with Gasteiger partial charge < -0.3 is 9.64 Å². The molecule has 2 atom stereocenters. The van der Waals surface area contributed by atoms with Crippen LogP contribution in [0.25, 0.3) is 0 Å². The smallest absolute Gasteiger partial charge is 0.338 e. The molecule has 0 aliphatic carbocycles. The Labute approximate surface area is 195 Å². The Morgan fingerprint density at radius 1 is 1.00 bits per heavy atom. The van der Waals surface area contributed by atoms with Crippen molar-refractivity contribution in [2.75, 3.05) is 26.2 Å². The zero-order valence-corrected chi connectivity index (χ0v) is 19.9. The normalized spacial score (nSPS) is 21.3. The molecule has 8 heteroatoms. The van der Waals surface area contributed by atoms with Crippen LogP contribution in [-0.4, -0.2) is 55.7 Å². The van der Waals surface area contributed by atoms with Crippen molar-refractivity contribution in [2.24, 2.45) is 11.8 Å². The van der Waals surface area contributed by atoms with E-state index in [0.29, 0.717) is 44.4 Å². The largest absolute Gasteiger partial charge is 0.452 e. The van der Waals surface area contributed by atoms with Gasteiger partial charge in [0.2, 0.25) is 10.0 Å². The van der Waals surface area contributed by atoms with E-state index in [9.17, 15) is 18.0 Å². The summed E-state index contributed by atoms with van der Waals surface area (Å²) in [6.07, 6.45) is 1.72. The van der Waals surface area contributed by atoms with Crippen molar-refractivity contribution in [1.82, 2.24) is 9.21 Å². The highest BCUT2D eigenvalue weighted by Gasteiger charge is 2.29. The number of benzene rings is 2. The Morgan fingerprint density at radius 3 is 2.42 bits per heavy atom. The molecule has 0 unspecified atom stereocenters. The highest BCUT2D eigenvalue weighted by Crippen LogP contribution is 2.25. The van der Waals surface area contributed by atoms with Crippen molar-refractivity contribution >= 4 is 21.9 Å². The molecule has 0 N–H and O–H groups in total. The lowest BCUT2D eigenvalue weighted by atomic mass is 9.92. The van der Waals surface area contributed by atoms with E-state index in [1.165, 1.54) is 28.6 Å². The van der Waals surface area contributed by atoms with Crippen LogP contribution in [0, 0.1) is 11.8 Å². The average Bonchev–Trinajstić information content (AvgIpc) is 2.81. The Bertz CT molecular complexity index is 1140. The van der Waals surface area contributed by atoms with Crippen LogP contribution in [0.1, 0.15) is 41.8 Å². The molecule has 2 heterocycles. The van der Waals surface area contributed by atoms with Crippen LogP contribution in [-0.2, 0) is 32.5 Å². The molecular weight excluding hydrogens is 440 g/mol. The van der Waals surface area contributed by atoms with Gasteiger partial charge in [0.25, 0.3) is 5.91 Å². The maximum absolute atomic E-state index is 13.2. The molecule has 176 valence electrons. The second-order valence-corrected chi connectivity index (χ2v) is 11.1. The molecule has 2 aliphatic heterocycles. The summed E-state index contributed by atoms with van der Waals surface area (Å²) in [6, 6.07) is 13.6. The number of ether oxygens (including phenoxy) is 1. The van der Waals surface area contributed by atoms with Gasteiger partial charge in [0, 0.05) is 26.2 Å². The molecule has 0 saturated carbocycles. The standard InChI is InChI=1S/C25H30N2O5S/c1-18-12-19(2)15-26(14-18)24(28)17-32-25(29)21-8-5-9-23(13-21)33(30,31)27-11-10-20-6-3-4-7-22(20)16-27/h3-9,13,18-19H,10-12,14-17H2,1-2H3/t18-,19-/m0/s1. The van der Waals surface area contributed by atoms with Crippen LogP contribution < -0.4 is 0 Å². The first-order valence-electron chi connectivity index (χ1n) is 11.4. The number of carbonyl (C=O) groups excluding carboxylic acids is 2. The summed E-state index contributed by atoms with van der Waals surface area (Å²) >= 11 is 0. The highest BCUT2D eigenvalue weighted by atomic mass is 32.2. The second-order valence-electron chi connectivity index (χ2n) is 9.21. The summed E-state index contributed by atoms with van der Waals surface area (Å²) in [5.74, 6) is -0.103. The van der Waals surface area contributed by atoms with Crippen LogP contribution >= 0.6 is 0 Å². The number of sulfonamides is 1. The molecule has 2 aliphatic rings. The first-order chi connectivity index (χ1) is 15.7. The van der Waals surface area contributed by atoms with E-state index in [2.05, 4.69) is 13.8 Å². The van der Waals surface area contributed by atoms with Gasteiger partial charge >= 0.3 is 5.97 Å². The summed E-state index contributed by atoms with van der Waals surface area (Å²) in [7, 11) is -3.77. The average molecular weight is 471 g/mol. The Hall–Kier alpha value is -2.71. The number of nitrogens with zero attached hydrogens (tertiary/aromatic N) is 2. The Kier molecular flexibility index (Phi) is 6.86. The minimum Gasteiger partial charge on any atom is -0.452 e. The number of piperidine rings is 1. The minimum absolute atomic E-state index is 0.0429. The number of amides is 1. The number of hydrogen-bond donors (Lipinski definition) is 0. The number of likely N-dealkylation sites (tertiary alicyclic amines) is 1. The van der Waals surface area contributed by atoms with E-state index in [4.69, 9.17) is 4.74 Å². The molecule has 4 rings (SSSR count). The Morgan fingerprint density at radius 2 is 1.70 bits per heavy atom. The predicted octanol–water partition coefficient (Wildman–Crippen LogP) is 3.09. The number of esters is 1. The fraction of sp³-hybridized carbons (Fsp3) is 0.440. The van der Waals surface area contributed by atoms with E-state index >= 15 is 0 Å². The summed E-state index contributed by atoms with van der Waals surface area (Å²) < 4.78 is 33.1. The molecular formula is C25H30N2O5S. The van der Waals surface area contributed by atoms with E-state index in [1.807, 2.05) is 24.3 Å². The molecule has 0 bridgehead atoms. The maximum Gasteiger partial charge on any atom is 0.338 e. The van der Waals surface area contributed by atoms with Crippen molar-refractivity contribution in [3.8, 4) is 0 Å². The zero-order valence-electron chi connectivity index (χ0n) is 19.1. The topological polar surface area (TPSA) is 84.0 Å². The summed E-state index contributed by atoms with van der Waals surface area (Å²) in [6.45, 7) is 5.87. The molecule has 2 aromatic carbocycles. The van der Waals surface area contributed by atoms with Crippen LogP contribution in [0.15, 0.2) is 53.4 Å². The fourth-order valence-electron chi connectivity index (χ4n) is 4.78. The van der Waals surface area contributed by atoms with Crippen molar-refractivity contribution in [3.05, 3.63) is 65.2 Å². The third-order valence-electron chi connectivity index (χ3n) is 6.35. The number of hydrogen-bond acceptors (Lipinski definition) is 5. The lowest BCUT2D eigenvalue weighted by Gasteiger charge is -2.34. The lowest BCUT2D eigenvalue weighted by molar-refractivity contribution is -0.137. The number of fused-ring (bicyclic) bond motifs is 1. The summed E-state index contributed by atoms with van der Waals surface area (Å²) in [5, 5.41) is 0.